The first kappa shape index (κ1) is 18.7. The van der Waals surface area contributed by atoms with Gasteiger partial charge >= 0.3 is 5.97 Å². The minimum absolute atomic E-state index is 0.382. The molecule has 2 unspecified atom stereocenters. The minimum atomic E-state index is -2.88. The maximum atomic E-state index is 12.8. The van der Waals surface area contributed by atoms with Gasteiger partial charge in [0.05, 0.1) is 6.61 Å². The maximum Gasteiger partial charge on any atom is 0.303 e. The summed E-state index contributed by atoms with van der Waals surface area (Å²) >= 11 is 0. The van der Waals surface area contributed by atoms with Gasteiger partial charge in [-0.15, -0.1) is 0 Å². The average molecular weight is 292 g/mol. The van der Waals surface area contributed by atoms with Crippen LogP contribution in [0.15, 0.2) is 0 Å². The number of rotatable bonds is 11. The Kier molecular flexibility index (Phi) is 10.3. The molecule has 0 aliphatic carbocycles. The van der Waals surface area contributed by atoms with E-state index in [1.807, 2.05) is 6.92 Å². The van der Waals surface area contributed by atoms with Gasteiger partial charge in [0, 0.05) is 13.1 Å². The van der Waals surface area contributed by atoms with E-state index in [9.17, 15) is 9.36 Å². The first-order chi connectivity index (χ1) is 9.00. The van der Waals surface area contributed by atoms with Gasteiger partial charge in [0.2, 0.25) is 7.37 Å². The van der Waals surface area contributed by atoms with Gasteiger partial charge < -0.3 is 9.26 Å². The Balaban J connectivity index is 4.57. The first-order valence-corrected chi connectivity index (χ1v) is 9.28. The zero-order chi connectivity index (χ0) is 14.7. The number of hydrogen-bond acceptors (Lipinski definition) is 4. The summed E-state index contributed by atoms with van der Waals surface area (Å²) in [5.41, 5.74) is 0. The lowest BCUT2D eigenvalue weighted by Gasteiger charge is -2.26. The molecule has 19 heavy (non-hydrogen) atoms. The Morgan fingerprint density at radius 1 is 1.11 bits per heavy atom. The van der Waals surface area contributed by atoms with Gasteiger partial charge in [0.15, 0.2) is 5.85 Å². The summed E-state index contributed by atoms with van der Waals surface area (Å²) in [5.74, 6) is -0.955. The van der Waals surface area contributed by atoms with Crippen LogP contribution in [0.5, 0.6) is 0 Å². The second-order valence-corrected chi connectivity index (χ2v) is 7.71. The maximum absolute atomic E-state index is 12.8. The van der Waals surface area contributed by atoms with Crippen LogP contribution in [-0.2, 0) is 18.6 Å². The summed E-state index contributed by atoms with van der Waals surface area (Å²) in [7, 11) is -2.88. The molecule has 0 aromatic heterocycles. The average Bonchev–Trinajstić information content (AvgIpc) is 2.39. The first-order valence-electron chi connectivity index (χ1n) is 7.40. The highest BCUT2D eigenvalue weighted by molar-refractivity contribution is 7.59. The van der Waals surface area contributed by atoms with E-state index in [2.05, 4.69) is 13.8 Å². The number of esters is 1. The van der Waals surface area contributed by atoms with Gasteiger partial charge in [0.1, 0.15) is 0 Å². The molecule has 114 valence electrons. The molecule has 0 amide bonds. The topological polar surface area (TPSA) is 52.6 Å². The molecule has 0 aliphatic rings. The van der Waals surface area contributed by atoms with E-state index in [4.69, 9.17) is 9.26 Å². The Morgan fingerprint density at radius 3 is 2.21 bits per heavy atom. The van der Waals surface area contributed by atoms with E-state index in [0.29, 0.717) is 19.2 Å². The van der Waals surface area contributed by atoms with Crippen molar-refractivity contribution in [2.45, 2.75) is 72.1 Å². The molecule has 0 fully saturated rings. The molecule has 0 spiro atoms. The fraction of sp³-hybridized carbons (Fsp3) is 0.929. The van der Waals surface area contributed by atoms with Gasteiger partial charge in [-0.05, 0) is 19.3 Å². The van der Waals surface area contributed by atoms with Crippen LogP contribution < -0.4 is 0 Å². The number of ether oxygens (including phenoxy) is 1. The molecule has 0 bridgehead atoms. The molecular formula is C14H29O4P. The summed E-state index contributed by atoms with van der Waals surface area (Å²) in [6, 6.07) is 0. The van der Waals surface area contributed by atoms with E-state index in [-0.39, 0.29) is 5.97 Å². The largest absolute Gasteiger partial charge is 0.452 e. The Morgan fingerprint density at radius 2 is 1.74 bits per heavy atom. The zero-order valence-electron chi connectivity index (χ0n) is 12.8. The number of hydrogen-bond donors (Lipinski definition) is 0. The van der Waals surface area contributed by atoms with Crippen LogP contribution in [0.1, 0.15) is 66.2 Å². The lowest BCUT2D eigenvalue weighted by atomic mass is 10.3. The van der Waals surface area contributed by atoms with Crippen molar-refractivity contribution >= 4 is 13.3 Å². The van der Waals surface area contributed by atoms with Crippen LogP contribution in [0.2, 0.25) is 0 Å². The highest BCUT2D eigenvalue weighted by Crippen LogP contribution is 2.53. The summed E-state index contributed by atoms with van der Waals surface area (Å²) in [6.45, 7) is 7.86. The Hall–Kier alpha value is -0.340. The summed E-state index contributed by atoms with van der Waals surface area (Å²) in [6.07, 6.45) is 5.98. The highest BCUT2D eigenvalue weighted by atomic mass is 31.2. The summed E-state index contributed by atoms with van der Waals surface area (Å²) in [4.78, 5) is 11.2. The molecule has 2 atom stereocenters. The predicted molar refractivity (Wildman–Crippen MR) is 78.7 cm³/mol. The molecule has 0 aromatic rings. The van der Waals surface area contributed by atoms with E-state index in [1.165, 1.54) is 6.92 Å². The molecule has 4 nitrogen and oxygen atoms in total. The predicted octanol–water partition coefficient (Wildman–Crippen LogP) is 4.57. The van der Waals surface area contributed by atoms with E-state index < -0.39 is 13.2 Å². The van der Waals surface area contributed by atoms with Crippen molar-refractivity contribution < 1.29 is 18.6 Å². The van der Waals surface area contributed by atoms with Crippen molar-refractivity contribution in [1.82, 2.24) is 0 Å². The van der Waals surface area contributed by atoms with Crippen LogP contribution in [0, 0.1) is 0 Å². The highest BCUT2D eigenvalue weighted by Gasteiger charge is 2.34. The lowest BCUT2D eigenvalue weighted by molar-refractivity contribution is -0.143. The second kappa shape index (κ2) is 10.4. The van der Waals surface area contributed by atoms with Crippen LogP contribution in [0.4, 0.5) is 0 Å². The second-order valence-electron chi connectivity index (χ2n) is 4.79. The van der Waals surface area contributed by atoms with E-state index in [1.54, 1.807) is 0 Å². The van der Waals surface area contributed by atoms with Crippen LogP contribution >= 0.6 is 7.37 Å². The Bertz CT molecular complexity index is 291. The van der Waals surface area contributed by atoms with Crippen LogP contribution in [-0.4, -0.2) is 24.6 Å². The third-order valence-electron chi connectivity index (χ3n) is 3.04. The van der Waals surface area contributed by atoms with Crippen molar-refractivity contribution in [3.63, 3.8) is 0 Å². The number of carbonyl (C=O) groups excluding carboxylic acids is 1. The molecule has 5 heteroatoms. The molecule has 0 saturated heterocycles. The fourth-order valence-corrected chi connectivity index (χ4v) is 3.93. The van der Waals surface area contributed by atoms with Gasteiger partial charge in [-0.1, -0.05) is 40.0 Å². The molecule has 0 aromatic carbocycles. The standard InChI is InChI=1S/C14H29O4P/c1-5-8-10-12-17-19(16,7-3)14(11-9-6-2)18-13(4)15/h14H,5-12H2,1-4H3. The van der Waals surface area contributed by atoms with E-state index >= 15 is 0 Å². The number of carbonyl (C=O) groups is 1. The van der Waals surface area contributed by atoms with Crippen molar-refractivity contribution in [3.05, 3.63) is 0 Å². The third-order valence-corrected chi connectivity index (χ3v) is 5.79. The quantitative estimate of drug-likeness (QED) is 0.318. The zero-order valence-corrected chi connectivity index (χ0v) is 13.7. The molecule has 0 saturated carbocycles. The normalized spacial score (nSPS) is 15.8. The summed E-state index contributed by atoms with van der Waals surface area (Å²) < 4.78 is 23.6. The lowest BCUT2D eigenvalue weighted by Crippen LogP contribution is -2.19. The minimum Gasteiger partial charge on any atom is -0.452 e. The monoisotopic (exact) mass is 292 g/mol. The summed E-state index contributed by atoms with van der Waals surface area (Å²) in [5, 5.41) is 0. The van der Waals surface area contributed by atoms with Crippen molar-refractivity contribution in [2.75, 3.05) is 12.8 Å². The third kappa shape index (κ3) is 7.74. The fourth-order valence-electron chi connectivity index (χ4n) is 1.86. The van der Waals surface area contributed by atoms with Gasteiger partial charge in [-0.2, -0.15) is 0 Å². The van der Waals surface area contributed by atoms with Crippen molar-refractivity contribution in [1.29, 1.82) is 0 Å². The van der Waals surface area contributed by atoms with Gasteiger partial charge in [-0.3, -0.25) is 9.36 Å². The molecule has 0 radical (unpaired) electrons. The molecule has 0 rings (SSSR count). The van der Waals surface area contributed by atoms with Crippen LogP contribution in [0.25, 0.3) is 0 Å². The molecule has 0 N–H and O–H groups in total. The van der Waals surface area contributed by atoms with Crippen molar-refractivity contribution in [2.24, 2.45) is 0 Å². The van der Waals surface area contributed by atoms with Crippen LogP contribution in [0.3, 0.4) is 0 Å². The number of unbranched alkanes of at least 4 members (excludes halogenated alkanes) is 3. The molecular weight excluding hydrogens is 263 g/mol. The van der Waals surface area contributed by atoms with Gasteiger partial charge in [0.25, 0.3) is 0 Å². The van der Waals surface area contributed by atoms with Gasteiger partial charge in [-0.25, -0.2) is 0 Å². The van der Waals surface area contributed by atoms with E-state index in [0.717, 1.165) is 32.1 Å². The Labute approximate surface area is 117 Å². The smallest absolute Gasteiger partial charge is 0.303 e. The molecule has 0 aliphatic heterocycles. The SMILES string of the molecule is CCCCCOP(=O)(CC)C(CCCC)OC(C)=O. The van der Waals surface area contributed by atoms with Crippen molar-refractivity contribution in [3.8, 4) is 0 Å². The molecule has 0 heterocycles.